The number of methoxy groups -OCH3 is 3. The summed E-state index contributed by atoms with van der Waals surface area (Å²) in [6.07, 6.45) is 3.46. The number of anilines is 3. The SMILES string of the molecule is CC1(C)C(=O)N(COCC[Si](C)(C)C)c2nc(C3=NCc4ncc(F)cc43)nnc21.COc1ccc(Cn2nc(-c3nnc4c(n3)N(COCC[Si](C)(C)C)C(=O)C4(C)C)c3cc(F)cnc32)cc1.COc1ccc(Cn2nc(-c3nnc4c(n3)NC(=O)C4(C)C)c3cc(F)cnc32)cc1.COc1cccc(CBr)c1F. The quantitative estimate of drug-likeness (QED) is 0.0302. The lowest BCUT2D eigenvalue weighted by Crippen LogP contribution is -2.38. The number of benzene rings is 3. The van der Waals surface area contributed by atoms with Crippen LogP contribution in [-0.4, -0.2) is 168 Å². The summed E-state index contributed by atoms with van der Waals surface area (Å²) in [6, 6.07) is 26.3. The van der Waals surface area contributed by atoms with Crippen molar-refractivity contribution in [3.8, 4) is 40.3 Å². The van der Waals surface area contributed by atoms with Crippen LogP contribution in [0.2, 0.25) is 51.4 Å². The van der Waals surface area contributed by atoms with Crippen LogP contribution in [0.25, 0.3) is 45.1 Å². The van der Waals surface area contributed by atoms with Gasteiger partial charge in [0.25, 0.3) is 0 Å². The number of aromatic nitrogens is 16. The van der Waals surface area contributed by atoms with Crippen molar-refractivity contribution in [2.24, 2.45) is 4.99 Å². The summed E-state index contributed by atoms with van der Waals surface area (Å²) in [5.74, 6) is 1.29. The fourth-order valence-corrected chi connectivity index (χ4v) is 14.1. The molecular formula is C76H83BrF4N20O8Si2. The number of pyridine rings is 3. The Morgan fingerprint density at radius 1 is 0.541 bits per heavy atom. The maximum Gasteiger partial charge on any atom is 0.242 e. The third-order valence-corrected chi connectivity index (χ3v) is 22.8. The number of nitrogens with zero attached hydrogens (tertiary/aromatic N) is 19. The molecule has 1 N–H and O–H groups in total. The second kappa shape index (κ2) is 32.2. The minimum atomic E-state index is -1.29. The van der Waals surface area contributed by atoms with E-state index in [0.29, 0.717) is 134 Å². The van der Waals surface area contributed by atoms with Crippen LogP contribution in [0.15, 0.2) is 109 Å². The molecule has 4 aliphatic rings. The van der Waals surface area contributed by atoms with Gasteiger partial charge in [-0.2, -0.15) is 10.2 Å². The minimum Gasteiger partial charge on any atom is -0.497 e. The second-order valence-corrected chi connectivity index (χ2v) is 42.4. The van der Waals surface area contributed by atoms with Crippen LogP contribution in [-0.2, 0) is 65.1 Å². The van der Waals surface area contributed by atoms with Crippen LogP contribution >= 0.6 is 15.9 Å². The van der Waals surface area contributed by atoms with Crippen LogP contribution in [0.3, 0.4) is 0 Å². The van der Waals surface area contributed by atoms with E-state index in [4.69, 9.17) is 33.8 Å². The summed E-state index contributed by atoms with van der Waals surface area (Å²) in [5.41, 5.74) is 4.69. The Kier molecular flexibility index (Phi) is 23.1. The summed E-state index contributed by atoms with van der Waals surface area (Å²) in [7, 11) is 2.15. The Morgan fingerprint density at radius 3 is 1.48 bits per heavy atom. The van der Waals surface area contributed by atoms with Crippen molar-refractivity contribution < 1.29 is 55.6 Å². The Labute approximate surface area is 647 Å². The van der Waals surface area contributed by atoms with Crippen molar-refractivity contribution in [1.82, 2.24) is 80.1 Å². The zero-order valence-corrected chi connectivity index (χ0v) is 67.6. The lowest BCUT2D eigenvalue weighted by molar-refractivity contribution is -0.124. The van der Waals surface area contributed by atoms with Crippen LogP contribution in [0.1, 0.15) is 92.4 Å². The zero-order chi connectivity index (χ0) is 79.6. The summed E-state index contributed by atoms with van der Waals surface area (Å²) in [5, 5.41) is 39.1. The van der Waals surface area contributed by atoms with Gasteiger partial charge in [0, 0.05) is 45.8 Å². The molecule has 0 fully saturated rings. The van der Waals surface area contributed by atoms with Crippen molar-refractivity contribution in [2.75, 3.05) is 63.1 Å². The van der Waals surface area contributed by atoms with Crippen molar-refractivity contribution in [3.63, 3.8) is 0 Å². The van der Waals surface area contributed by atoms with E-state index in [1.165, 1.54) is 41.3 Å². The van der Waals surface area contributed by atoms with E-state index in [9.17, 15) is 31.9 Å². The summed E-state index contributed by atoms with van der Waals surface area (Å²) >= 11 is 3.18. The fraction of sp³-hybridized carbons (Fsp3) is 0.368. The monoisotopic (exact) mass is 1610 g/mol. The molecule has 111 heavy (non-hydrogen) atoms. The molecule has 3 amide bonds. The molecule has 0 radical (unpaired) electrons. The average molecular weight is 1620 g/mol. The largest absolute Gasteiger partial charge is 0.497 e. The molecule has 4 aliphatic heterocycles. The summed E-state index contributed by atoms with van der Waals surface area (Å²) in [6.45, 7) is 26.8. The summed E-state index contributed by atoms with van der Waals surface area (Å²) < 4.78 is 85.4. The number of halogens is 5. The molecule has 0 aliphatic carbocycles. The second-order valence-electron chi connectivity index (χ2n) is 30.6. The first-order chi connectivity index (χ1) is 52.7. The van der Waals surface area contributed by atoms with E-state index < -0.39 is 49.8 Å². The third-order valence-electron chi connectivity index (χ3n) is 18.8. The van der Waals surface area contributed by atoms with E-state index in [1.807, 2.05) is 48.5 Å². The van der Waals surface area contributed by atoms with Crippen molar-refractivity contribution in [3.05, 3.63) is 178 Å². The van der Waals surface area contributed by atoms with Crippen LogP contribution < -0.4 is 29.3 Å². The molecule has 0 bridgehead atoms. The minimum absolute atomic E-state index is 0.0702. The van der Waals surface area contributed by atoms with Crippen LogP contribution in [0.5, 0.6) is 17.2 Å². The molecule has 28 nitrogen and oxygen atoms in total. The number of rotatable bonds is 21. The van der Waals surface area contributed by atoms with E-state index in [2.05, 4.69) is 126 Å². The highest BCUT2D eigenvalue weighted by Crippen LogP contribution is 2.42. The standard InChI is InChI=1S/C27H32FN7O3Si.C21H18FN7O2.C20H25FN6O2Si.C8H8BrFO/c1-27(2)22-25(34(26(27)36)16-38-11-12-39(4,5)6)30-23(32-31-22)21-20-13-18(28)14-29-24(20)35(33-21)15-17-7-9-19(37-3)10-8-17;1-21(2)16-18(25-20(21)30)24-17(27-26-16)15-14-8-12(22)9-23-19(14)29(28-15)10-11-4-6-13(31-3)7-5-11;1-20(2)16-18(27(19(20)28)11-29-6-7-30(3,4)5)24-17(26-25-16)15-13-8-12(21)9-22-14(13)10-23-15;1-11-7-4-2-3-6(5-9)8(7)10/h7-10,13-14H,11-12,15-16H2,1-6H3;4-9H,10H2,1-3H3,(H,24,25,27,30);8-9H,6-7,10-11H2,1-5H3;2-4H,5H2,1H3. The number of amides is 3. The molecule has 11 aromatic rings. The molecule has 8 aromatic heterocycles. The summed E-state index contributed by atoms with van der Waals surface area (Å²) in [4.78, 5) is 72.3. The van der Waals surface area contributed by atoms with Gasteiger partial charge in [0.1, 0.15) is 76.6 Å². The van der Waals surface area contributed by atoms with Crippen molar-refractivity contribution in [2.45, 2.75) is 134 Å². The van der Waals surface area contributed by atoms with Gasteiger partial charge in [0.2, 0.25) is 35.2 Å². The topological polar surface area (TPSA) is 319 Å². The molecule has 35 heteroatoms. The fourth-order valence-electron chi connectivity index (χ4n) is 12.2. The van der Waals surface area contributed by atoms with E-state index in [0.717, 1.165) is 47.1 Å². The molecular weight excluding hydrogens is 1530 g/mol. The van der Waals surface area contributed by atoms with Crippen molar-refractivity contribution in [1.29, 1.82) is 0 Å². The van der Waals surface area contributed by atoms with Gasteiger partial charge in [-0.25, -0.2) is 51.8 Å². The number of hydrogen-bond donors (Lipinski definition) is 1. The van der Waals surface area contributed by atoms with E-state index in [1.54, 1.807) is 83.3 Å². The maximum absolute atomic E-state index is 14.3. The number of carbonyl (C=O) groups is 3. The molecule has 0 unspecified atom stereocenters. The van der Waals surface area contributed by atoms with E-state index in [-0.39, 0.29) is 54.5 Å². The van der Waals surface area contributed by atoms with Crippen LogP contribution in [0, 0.1) is 23.3 Å². The molecule has 0 saturated carbocycles. The van der Waals surface area contributed by atoms with Gasteiger partial charge in [0.05, 0.1) is 92.3 Å². The Balaban J connectivity index is 0.000000146. The number of alkyl halides is 1. The highest BCUT2D eigenvalue weighted by molar-refractivity contribution is 9.08. The van der Waals surface area contributed by atoms with Gasteiger partial charge < -0.3 is 29.0 Å². The lowest BCUT2D eigenvalue weighted by atomic mass is 9.91. The Hall–Kier alpha value is -10.9. The average Bonchev–Trinajstić information content (AvgIpc) is 1.60. The molecule has 3 aromatic carbocycles. The third kappa shape index (κ3) is 17.1. The highest BCUT2D eigenvalue weighted by Gasteiger charge is 2.49. The zero-order valence-electron chi connectivity index (χ0n) is 64.0. The first-order valence-electron chi connectivity index (χ1n) is 35.5. The molecule has 0 spiro atoms. The number of fused-ring (bicyclic) bond motifs is 6. The van der Waals surface area contributed by atoms with Crippen molar-refractivity contribution >= 4 is 95.0 Å². The maximum atomic E-state index is 14.3. The van der Waals surface area contributed by atoms with Gasteiger partial charge in [-0.1, -0.05) is 91.6 Å². The predicted octanol–water partition coefficient (Wildman–Crippen LogP) is 12.5. The van der Waals surface area contributed by atoms with Gasteiger partial charge in [-0.05, 0) is 113 Å². The smallest absolute Gasteiger partial charge is 0.242 e. The number of ether oxygens (including phenoxy) is 5. The van der Waals surface area contributed by atoms with Gasteiger partial charge >= 0.3 is 0 Å². The highest BCUT2D eigenvalue weighted by atomic mass is 79.9. The molecule has 0 atom stereocenters. The first kappa shape index (κ1) is 79.7. The number of carbonyl (C=O) groups excluding carboxylic acids is 3. The number of hydrogen-bond acceptors (Lipinski definition) is 23. The van der Waals surface area contributed by atoms with E-state index >= 15 is 0 Å². The normalized spacial score (nSPS) is 14.8. The van der Waals surface area contributed by atoms with Crippen LogP contribution in [0.4, 0.5) is 35.0 Å². The molecule has 12 heterocycles. The Bertz CT molecular complexity index is 5370. The number of nitrogens with one attached hydrogen (secondary N) is 1. The molecule has 15 rings (SSSR count). The lowest BCUT2D eigenvalue weighted by Gasteiger charge is -2.21. The molecule has 578 valence electrons. The Morgan fingerprint density at radius 2 is 1.00 bits per heavy atom. The predicted molar refractivity (Wildman–Crippen MR) is 416 cm³/mol. The van der Waals surface area contributed by atoms with Gasteiger partial charge in [0.15, 0.2) is 40.3 Å². The first-order valence-corrected chi connectivity index (χ1v) is 44.0. The number of aliphatic imine (C=N–C) groups is 1. The van der Waals surface area contributed by atoms with Gasteiger partial charge in [-0.3, -0.25) is 34.2 Å². The molecule has 0 saturated heterocycles. The van der Waals surface area contributed by atoms with Gasteiger partial charge in [-0.15, -0.1) is 30.6 Å².